The lowest BCUT2D eigenvalue weighted by Crippen LogP contribution is -2.48. The van der Waals surface area contributed by atoms with Gasteiger partial charge in [-0.1, -0.05) is 36.4 Å². The molecule has 0 saturated carbocycles. The number of ether oxygens (including phenoxy) is 1. The number of aryl methyl sites for hydroxylation is 2. The molecule has 9 heteroatoms. The van der Waals surface area contributed by atoms with E-state index in [0.717, 1.165) is 36.2 Å². The van der Waals surface area contributed by atoms with E-state index in [1.807, 2.05) is 42.5 Å². The van der Waals surface area contributed by atoms with Crippen molar-refractivity contribution in [1.82, 2.24) is 5.32 Å². The number of nitrogens with one attached hydrogen (secondary N) is 1. The fourth-order valence-corrected chi connectivity index (χ4v) is 4.26. The molecule has 0 aliphatic carbocycles. The maximum Gasteiger partial charge on any atom is 0.408 e. The summed E-state index contributed by atoms with van der Waals surface area (Å²) in [6.45, 7) is 5.39. The highest BCUT2D eigenvalue weighted by atomic mass is 35.5. The first-order valence-electron chi connectivity index (χ1n) is 11.9. The zero-order chi connectivity index (χ0) is 25.8. The average Bonchev–Trinajstić information content (AvgIpc) is 3.00. The Labute approximate surface area is 219 Å². The molecule has 0 aromatic heterocycles. The molecule has 0 fully saturated rings. The van der Waals surface area contributed by atoms with Crippen molar-refractivity contribution in [1.29, 1.82) is 0 Å². The number of para-hydroxylation sites is 2. The summed E-state index contributed by atoms with van der Waals surface area (Å²) in [6, 6.07) is 14.8. The van der Waals surface area contributed by atoms with E-state index in [4.69, 9.17) is 10.5 Å². The van der Waals surface area contributed by atoms with Gasteiger partial charge in [0, 0.05) is 25.5 Å². The Bertz CT molecular complexity index is 1090. The molecule has 0 radical (unpaired) electrons. The largest absolute Gasteiger partial charge is 0.444 e. The zero-order valence-electron chi connectivity index (χ0n) is 21.6. The number of carbonyl (C=O) groups is 3. The Morgan fingerprint density at radius 1 is 0.889 bits per heavy atom. The first-order chi connectivity index (χ1) is 16.5. The van der Waals surface area contributed by atoms with Gasteiger partial charge >= 0.3 is 6.09 Å². The van der Waals surface area contributed by atoms with Gasteiger partial charge < -0.3 is 25.6 Å². The van der Waals surface area contributed by atoms with E-state index < -0.39 is 17.7 Å². The number of amides is 3. The van der Waals surface area contributed by atoms with E-state index >= 15 is 0 Å². The van der Waals surface area contributed by atoms with Crippen molar-refractivity contribution < 1.29 is 19.1 Å². The Kier molecular flexibility index (Phi) is 9.90. The molecule has 0 unspecified atom stereocenters. The van der Waals surface area contributed by atoms with Gasteiger partial charge in [0.25, 0.3) is 0 Å². The third-order valence-corrected chi connectivity index (χ3v) is 6.10. The highest BCUT2D eigenvalue weighted by Gasteiger charge is 2.30. The minimum Gasteiger partial charge on any atom is -0.444 e. The number of benzene rings is 2. The Morgan fingerprint density at radius 3 is 1.89 bits per heavy atom. The second kappa shape index (κ2) is 12.2. The van der Waals surface area contributed by atoms with E-state index in [-0.39, 0.29) is 30.3 Å². The molecule has 196 valence electrons. The molecular weight excluding hydrogens is 480 g/mol. The van der Waals surface area contributed by atoms with Crippen molar-refractivity contribution in [2.45, 2.75) is 64.1 Å². The summed E-state index contributed by atoms with van der Waals surface area (Å²) in [5.74, 6) is -0.110. The van der Waals surface area contributed by atoms with Crippen LogP contribution < -0.4 is 20.9 Å². The van der Waals surface area contributed by atoms with Crippen molar-refractivity contribution >= 4 is 41.7 Å². The summed E-state index contributed by atoms with van der Waals surface area (Å²) in [6.07, 6.45) is 2.37. The molecule has 2 aliphatic heterocycles. The number of halogens is 1. The van der Waals surface area contributed by atoms with Crippen LogP contribution in [0.3, 0.4) is 0 Å². The van der Waals surface area contributed by atoms with Crippen molar-refractivity contribution in [2.75, 3.05) is 23.9 Å². The van der Waals surface area contributed by atoms with Crippen molar-refractivity contribution in [3.8, 4) is 0 Å². The predicted octanol–water partition coefficient (Wildman–Crippen LogP) is 3.83. The Balaban J connectivity index is 0.000000265. The van der Waals surface area contributed by atoms with Crippen LogP contribution >= 0.6 is 12.4 Å². The van der Waals surface area contributed by atoms with Crippen LogP contribution in [0.1, 0.15) is 44.7 Å². The first kappa shape index (κ1) is 29.1. The normalized spacial score (nSPS) is 19.4. The van der Waals surface area contributed by atoms with Gasteiger partial charge in [-0.2, -0.15) is 0 Å². The third-order valence-electron chi connectivity index (χ3n) is 6.10. The van der Waals surface area contributed by atoms with Crippen LogP contribution in [0, 0.1) is 0 Å². The molecule has 2 aromatic rings. The molecule has 0 spiro atoms. The summed E-state index contributed by atoms with van der Waals surface area (Å²) in [7, 11) is 3.52. The summed E-state index contributed by atoms with van der Waals surface area (Å²) in [5, 5.41) is 2.68. The smallest absolute Gasteiger partial charge is 0.408 e. The number of fused-ring (bicyclic) bond motifs is 2. The lowest BCUT2D eigenvalue weighted by molar-refractivity contribution is -0.120. The maximum absolute atomic E-state index is 12.5. The molecule has 2 heterocycles. The topological polar surface area (TPSA) is 105 Å². The number of anilines is 2. The summed E-state index contributed by atoms with van der Waals surface area (Å²) >= 11 is 0. The van der Waals surface area contributed by atoms with E-state index in [0.29, 0.717) is 6.42 Å². The fraction of sp³-hybridized carbons (Fsp3) is 0.444. The number of carbonyl (C=O) groups excluding carboxylic acids is 3. The molecule has 3 amide bonds. The van der Waals surface area contributed by atoms with Gasteiger partial charge in [-0.05, 0) is 69.7 Å². The van der Waals surface area contributed by atoms with Crippen LogP contribution in [0.2, 0.25) is 0 Å². The standard InChI is InChI=1S/C16H22N2O3.C11H14N2O.ClH/c1-16(2,3)21-15(20)17-12-10-9-11-7-5-6-8-13(11)18(4)14(12)19;1-13-10-5-3-2-4-8(10)6-7-9(12)11(13)14;/h5-8,12H,9-10H2,1-4H3,(H,17,20);2-5,9H,6-7,12H2,1H3;1H/t12-;9-;/m00./s1. The van der Waals surface area contributed by atoms with Gasteiger partial charge in [0.2, 0.25) is 11.8 Å². The van der Waals surface area contributed by atoms with E-state index in [9.17, 15) is 14.4 Å². The van der Waals surface area contributed by atoms with E-state index in [2.05, 4.69) is 11.4 Å². The third kappa shape index (κ3) is 7.21. The van der Waals surface area contributed by atoms with Crippen LogP contribution in [0.15, 0.2) is 48.5 Å². The zero-order valence-corrected chi connectivity index (χ0v) is 22.4. The number of hydrogen-bond donors (Lipinski definition) is 2. The summed E-state index contributed by atoms with van der Waals surface area (Å²) in [4.78, 5) is 39.3. The second-order valence-electron chi connectivity index (χ2n) is 9.93. The van der Waals surface area contributed by atoms with Gasteiger partial charge in [-0.15, -0.1) is 12.4 Å². The monoisotopic (exact) mass is 516 g/mol. The average molecular weight is 517 g/mol. The van der Waals surface area contributed by atoms with Crippen molar-refractivity contribution in [3.05, 3.63) is 59.7 Å². The van der Waals surface area contributed by atoms with Gasteiger partial charge in [-0.25, -0.2) is 4.79 Å². The minimum absolute atomic E-state index is 0. The Morgan fingerprint density at radius 2 is 1.36 bits per heavy atom. The summed E-state index contributed by atoms with van der Waals surface area (Å²) < 4.78 is 5.22. The number of hydrogen-bond acceptors (Lipinski definition) is 5. The molecule has 3 N–H and O–H groups in total. The predicted molar refractivity (Wildman–Crippen MR) is 145 cm³/mol. The summed E-state index contributed by atoms with van der Waals surface area (Å²) in [5.41, 5.74) is 9.39. The van der Waals surface area contributed by atoms with Crippen LogP contribution in [-0.4, -0.2) is 49.7 Å². The van der Waals surface area contributed by atoms with E-state index in [1.165, 1.54) is 5.56 Å². The van der Waals surface area contributed by atoms with Crippen LogP contribution in [0.4, 0.5) is 16.2 Å². The number of alkyl carbamates (subject to hydrolysis) is 1. The lowest BCUT2D eigenvalue weighted by atomic mass is 10.1. The number of rotatable bonds is 1. The fourth-order valence-electron chi connectivity index (χ4n) is 4.26. The second-order valence-corrected chi connectivity index (χ2v) is 9.93. The van der Waals surface area contributed by atoms with Crippen LogP contribution in [0.25, 0.3) is 0 Å². The molecule has 0 saturated heterocycles. The molecule has 4 rings (SSSR count). The van der Waals surface area contributed by atoms with Gasteiger partial charge in [0.1, 0.15) is 11.6 Å². The number of likely N-dealkylation sites (N-methyl/N-ethyl adjacent to an activating group) is 2. The molecule has 0 bridgehead atoms. The van der Waals surface area contributed by atoms with Crippen molar-refractivity contribution in [2.24, 2.45) is 5.73 Å². The quantitative estimate of drug-likeness (QED) is 0.599. The lowest BCUT2D eigenvalue weighted by Gasteiger charge is -2.24. The SMILES string of the molecule is CN1C(=O)[C@@H](N)CCc2ccccc21.CN1C(=O)[C@@H](NC(=O)OC(C)(C)C)CCc2ccccc21.Cl. The maximum atomic E-state index is 12.5. The minimum atomic E-state index is -0.577. The number of nitrogens with zero attached hydrogens (tertiary/aromatic N) is 2. The molecule has 2 atom stereocenters. The highest BCUT2D eigenvalue weighted by molar-refractivity contribution is 5.99. The van der Waals surface area contributed by atoms with Gasteiger partial charge in [-0.3, -0.25) is 9.59 Å². The molecule has 36 heavy (non-hydrogen) atoms. The Hall–Kier alpha value is -3.10. The van der Waals surface area contributed by atoms with Gasteiger partial charge in [0.05, 0.1) is 6.04 Å². The molecule has 2 aliphatic rings. The molecular formula is C27H37ClN4O4. The van der Waals surface area contributed by atoms with Crippen LogP contribution in [-0.2, 0) is 27.2 Å². The van der Waals surface area contributed by atoms with Crippen LogP contribution in [0.5, 0.6) is 0 Å². The number of nitrogens with two attached hydrogens (primary N) is 1. The first-order valence-corrected chi connectivity index (χ1v) is 11.9. The van der Waals surface area contributed by atoms with Crippen molar-refractivity contribution in [3.63, 3.8) is 0 Å². The molecule has 2 aromatic carbocycles. The van der Waals surface area contributed by atoms with Gasteiger partial charge in [0.15, 0.2) is 0 Å². The van der Waals surface area contributed by atoms with E-state index in [1.54, 1.807) is 44.7 Å². The highest BCUT2D eigenvalue weighted by Crippen LogP contribution is 2.26. The molecule has 8 nitrogen and oxygen atoms in total.